The van der Waals surface area contributed by atoms with Crippen molar-refractivity contribution >= 4 is 26.9 Å². The third-order valence-corrected chi connectivity index (χ3v) is 3.57. The van der Waals surface area contributed by atoms with Gasteiger partial charge in [0.15, 0.2) is 0 Å². The van der Waals surface area contributed by atoms with Crippen molar-refractivity contribution < 1.29 is 4.42 Å². The molecule has 17 heavy (non-hydrogen) atoms. The minimum Gasteiger partial charge on any atom is -0.459 e. The first-order chi connectivity index (χ1) is 8.27. The average Bonchev–Trinajstić information content (AvgIpc) is 2.87. The molecule has 84 valence electrons. The van der Waals surface area contributed by atoms with Crippen LogP contribution in [0.5, 0.6) is 0 Å². The van der Waals surface area contributed by atoms with E-state index >= 15 is 0 Å². The Labute approximate surface area is 106 Å². The van der Waals surface area contributed by atoms with Crippen LogP contribution in [0.1, 0.15) is 11.7 Å². The normalized spacial score (nSPS) is 14.9. The molecule has 1 aliphatic rings. The summed E-state index contributed by atoms with van der Waals surface area (Å²) in [6, 6.07) is 7.29. The lowest BCUT2D eigenvalue weighted by atomic mass is 10.1. The lowest BCUT2D eigenvalue weighted by molar-refractivity contribution is 0.532. The second kappa shape index (κ2) is 4.00. The zero-order valence-corrected chi connectivity index (χ0v) is 10.5. The molecule has 0 N–H and O–H groups in total. The van der Waals surface area contributed by atoms with Crippen molar-refractivity contribution in [2.45, 2.75) is 5.92 Å². The summed E-state index contributed by atoms with van der Waals surface area (Å²) >= 11 is 3.34. The highest BCUT2D eigenvalue weighted by atomic mass is 79.9. The van der Waals surface area contributed by atoms with Crippen LogP contribution in [0.25, 0.3) is 11.0 Å². The van der Waals surface area contributed by atoms with Gasteiger partial charge in [-0.15, -0.1) is 0 Å². The van der Waals surface area contributed by atoms with Gasteiger partial charge < -0.3 is 4.42 Å². The molecule has 2 nitrogen and oxygen atoms in total. The van der Waals surface area contributed by atoms with Crippen LogP contribution in [0.2, 0.25) is 0 Å². The van der Waals surface area contributed by atoms with Crippen LogP contribution in [-0.4, -0.2) is 0 Å². The van der Waals surface area contributed by atoms with Gasteiger partial charge in [0.1, 0.15) is 15.8 Å². The first-order valence-corrected chi connectivity index (χ1v) is 6.13. The Kier molecular flexibility index (Phi) is 2.48. The van der Waals surface area contributed by atoms with Gasteiger partial charge in [-0.25, -0.2) is 0 Å². The van der Waals surface area contributed by atoms with E-state index < -0.39 is 0 Å². The Morgan fingerprint density at radius 2 is 1.82 bits per heavy atom. The van der Waals surface area contributed by atoms with E-state index in [4.69, 9.17) is 4.42 Å². The topological polar surface area (TPSA) is 30.2 Å². The van der Waals surface area contributed by atoms with Gasteiger partial charge in [0.2, 0.25) is 5.43 Å². The van der Waals surface area contributed by atoms with Crippen molar-refractivity contribution in [2.24, 2.45) is 0 Å². The smallest absolute Gasteiger partial charge is 0.207 e. The molecule has 0 aliphatic heterocycles. The molecule has 0 bridgehead atoms. The van der Waals surface area contributed by atoms with Crippen LogP contribution in [0.4, 0.5) is 0 Å². The first kappa shape index (κ1) is 10.5. The van der Waals surface area contributed by atoms with E-state index in [2.05, 4.69) is 15.9 Å². The van der Waals surface area contributed by atoms with E-state index in [9.17, 15) is 4.79 Å². The molecule has 0 unspecified atom stereocenters. The van der Waals surface area contributed by atoms with E-state index in [1.807, 2.05) is 42.5 Å². The van der Waals surface area contributed by atoms with E-state index in [1.54, 1.807) is 6.07 Å². The third-order valence-electron chi connectivity index (χ3n) is 2.82. The fourth-order valence-electron chi connectivity index (χ4n) is 1.96. The molecule has 0 fully saturated rings. The lowest BCUT2D eigenvalue weighted by Crippen LogP contribution is -2.07. The van der Waals surface area contributed by atoms with Crippen molar-refractivity contribution in [3.05, 3.63) is 69.0 Å². The molecule has 0 amide bonds. The maximum absolute atomic E-state index is 12.2. The molecule has 1 aromatic carbocycles. The zero-order valence-electron chi connectivity index (χ0n) is 8.89. The summed E-state index contributed by atoms with van der Waals surface area (Å²) in [5.41, 5.74) is 0.611. The molecule has 0 atom stereocenters. The maximum Gasteiger partial charge on any atom is 0.207 e. The fraction of sp³-hybridized carbons (Fsp3) is 0.0714. The summed E-state index contributed by atoms with van der Waals surface area (Å²) in [7, 11) is 0. The van der Waals surface area contributed by atoms with Gasteiger partial charge in [-0.2, -0.15) is 0 Å². The number of fused-ring (bicyclic) bond motifs is 1. The van der Waals surface area contributed by atoms with E-state index in [0.717, 1.165) is 0 Å². The van der Waals surface area contributed by atoms with Gasteiger partial charge in [-0.05, 0) is 28.1 Å². The molecule has 0 saturated heterocycles. The number of rotatable bonds is 1. The van der Waals surface area contributed by atoms with Crippen LogP contribution in [0.15, 0.2) is 62.3 Å². The van der Waals surface area contributed by atoms with Gasteiger partial charge >= 0.3 is 0 Å². The van der Waals surface area contributed by atoms with Gasteiger partial charge in [0, 0.05) is 0 Å². The van der Waals surface area contributed by atoms with Crippen LogP contribution in [-0.2, 0) is 0 Å². The van der Waals surface area contributed by atoms with Crippen LogP contribution < -0.4 is 5.43 Å². The minimum absolute atomic E-state index is 0.0180. The Bertz CT molecular complexity index is 683. The van der Waals surface area contributed by atoms with Crippen LogP contribution in [0, 0.1) is 0 Å². The Morgan fingerprint density at radius 3 is 2.59 bits per heavy atom. The molecule has 0 spiro atoms. The number of hydrogen-bond acceptors (Lipinski definition) is 2. The number of allylic oxidation sites excluding steroid dienone is 4. The van der Waals surface area contributed by atoms with E-state index in [1.165, 1.54) is 0 Å². The average molecular weight is 289 g/mol. The van der Waals surface area contributed by atoms with Crippen molar-refractivity contribution in [2.75, 3.05) is 0 Å². The SMILES string of the molecule is O=c1c(Br)c(C2C=CC=C2)oc2ccccc12. The summed E-state index contributed by atoms with van der Waals surface area (Å²) in [6.45, 7) is 0. The summed E-state index contributed by atoms with van der Waals surface area (Å²) in [6.07, 6.45) is 7.90. The third kappa shape index (κ3) is 1.67. The Hall–Kier alpha value is -1.61. The second-order valence-electron chi connectivity index (χ2n) is 3.90. The van der Waals surface area contributed by atoms with Gasteiger partial charge in [0.25, 0.3) is 0 Å². The Balaban J connectivity index is 2.33. The number of halogens is 1. The quantitative estimate of drug-likeness (QED) is 0.800. The molecule has 2 aromatic rings. The van der Waals surface area contributed by atoms with Gasteiger partial charge in [-0.3, -0.25) is 4.79 Å². The van der Waals surface area contributed by atoms with E-state index in [0.29, 0.717) is 21.2 Å². The van der Waals surface area contributed by atoms with Crippen molar-refractivity contribution in [1.29, 1.82) is 0 Å². The Morgan fingerprint density at radius 1 is 1.12 bits per heavy atom. The van der Waals surface area contributed by atoms with E-state index in [-0.39, 0.29) is 11.3 Å². The summed E-state index contributed by atoms with van der Waals surface area (Å²) in [5.74, 6) is 0.709. The lowest BCUT2D eigenvalue weighted by Gasteiger charge is -2.08. The summed E-state index contributed by atoms with van der Waals surface area (Å²) in [4.78, 5) is 12.2. The van der Waals surface area contributed by atoms with Crippen molar-refractivity contribution in [3.8, 4) is 0 Å². The highest BCUT2D eigenvalue weighted by Crippen LogP contribution is 2.30. The van der Waals surface area contributed by atoms with Crippen LogP contribution in [0.3, 0.4) is 0 Å². The van der Waals surface area contributed by atoms with Crippen LogP contribution >= 0.6 is 15.9 Å². The molecule has 3 rings (SSSR count). The van der Waals surface area contributed by atoms with Gasteiger partial charge in [0.05, 0.1) is 11.3 Å². The standard InChI is InChI=1S/C14H9BrO2/c15-12-13(16)10-7-3-4-8-11(10)17-14(12)9-5-1-2-6-9/h1-9H. The molecule has 0 radical (unpaired) electrons. The predicted octanol–water partition coefficient (Wildman–Crippen LogP) is 3.77. The maximum atomic E-state index is 12.2. The monoisotopic (exact) mass is 288 g/mol. The molecule has 1 heterocycles. The first-order valence-electron chi connectivity index (χ1n) is 5.33. The van der Waals surface area contributed by atoms with Crippen molar-refractivity contribution in [3.63, 3.8) is 0 Å². The summed E-state index contributed by atoms with van der Waals surface area (Å²) in [5, 5.41) is 0.606. The molecular weight excluding hydrogens is 280 g/mol. The zero-order chi connectivity index (χ0) is 11.8. The van der Waals surface area contributed by atoms with Gasteiger partial charge in [-0.1, -0.05) is 36.4 Å². The predicted molar refractivity (Wildman–Crippen MR) is 71.2 cm³/mol. The van der Waals surface area contributed by atoms with Crippen molar-refractivity contribution in [1.82, 2.24) is 0 Å². The molecule has 1 aliphatic carbocycles. The molecule has 1 aromatic heterocycles. The molecule has 0 saturated carbocycles. The minimum atomic E-state index is -0.0180. The molecular formula is C14H9BrO2. The number of benzene rings is 1. The number of hydrogen-bond donors (Lipinski definition) is 0. The molecule has 3 heteroatoms. The fourth-order valence-corrected chi connectivity index (χ4v) is 2.52. The second-order valence-corrected chi connectivity index (χ2v) is 4.69. The number of para-hydroxylation sites is 1. The largest absolute Gasteiger partial charge is 0.459 e. The highest BCUT2D eigenvalue weighted by Gasteiger charge is 2.18. The summed E-state index contributed by atoms with van der Waals surface area (Å²) < 4.78 is 6.32. The highest BCUT2D eigenvalue weighted by molar-refractivity contribution is 9.10.